The number of nitrogens with one attached hydrogen (secondary N) is 2. The number of benzene rings is 2. The van der Waals surface area contributed by atoms with Crippen LogP contribution < -0.4 is 10.6 Å². The fourth-order valence-corrected chi connectivity index (χ4v) is 7.94. The van der Waals surface area contributed by atoms with E-state index in [-0.39, 0.29) is 22.8 Å². The molecule has 35 heavy (non-hydrogen) atoms. The third kappa shape index (κ3) is 3.95. The number of aliphatic imine (C=N–C) groups is 1. The van der Waals surface area contributed by atoms with Gasteiger partial charge in [0.25, 0.3) is 0 Å². The molecule has 2 bridgehead atoms. The molecule has 10 heteroatoms. The smallest absolute Gasteiger partial charge is 0.247 e. The summed E-state index contributed by atoms with van der Waals surface area (Å²) >= 11 is 12.2. The second-order valence-electron chi connectivity index (χ2n) is 10.5. The van der Waals surface area contributed by atoms with Crippen LogP contribution in [-0.2, 0) is 21.4 Å². The summed E-state index contributed by atoms with van der Waals surface area (Å²) in [6.45, 7) is 4.15. The topological polar surface area (TPSA) is 90.9 Å². The van der Waals surface area contributed by atoms with Gasteiger partial charge in [-0.15, -0.1) is 0 Å². The van der Waals surface area contributed by atoms with Gasteiger partial charge in [-0.25, -0.2) is 8.42 Å². The zero-order valence-corrected chi connectivity index (χ0v) is 22.1. The Morgan fingerprint density at radius 1 is 1.11 bits per heavy atom. The first kappa shape index (κ1) is 24.6. The van der Waals surface area contributed by atoms with Crippen molar-refractivity contribution < 1.29 is 13.2 Å². The van der Waals surface area contributed by atoms with E-state index in [1.165, 1.54) is 6.07 Å². The zero-order valence-electron chi connectivity index (χ0n) is 19.8. The Kier molecular flexibility index (Phi) is 5.75. The summed E-state index contributed by atoms with van der Waals surface area (Å²) in [4.78, 5) is 17.3. The van der Waals surface area contributed by atoms with Gasteiger partial charge in [0.1, 0.15) is 5.84 Å². The van der Waals surface area contributed by atoms with E-state index < -0.39 is 27.1 Å². The standard InChI is InChI=1S/C25H28Cl2N4O3S/c1-23(2)20(21(32)28-3)29-22(30-23)24-13-25(14-24,15-24)31(12-16-7-9-17(26)10-8-16)35(33,34)19-6-4-5-18(27)11-19/h4-11,20H,12-15H2,1-3H3,(H,28,32)(H,29,30)/t20-,24?,25?/m0/s1. The predicted octanol–water partition coefficient (Wildman–Crippen LogP) is 4.00. The molecule has 0 unspecified atom stereocenters. The van der Waals surface area contributed by atoms with Crippen molar-refractivity contribution >= 4 is 45.0 Å². The number of likely N-dealkylation sites (N-methyl/N-ethyl adjacent to an activating group) is 1. The lowest BCUT2D eigenvalue weighted by atomic mass is 9.38. The van der Waals surface area contributed by atoms with Gasteiger partial charge in [0.15, 0.2) is 6.04 Å². The first-order valence-electron chi connectivity index (χ1n) is 11.5. The lowest BCUT2D eigenvalue weighted by molar-refractivity contribution is -0.151. The van der Waals surface area contributed by atoms with Gasteiger partial charge in [0, 0.05) is 34.6 Å². The average Bonchev–Trinajstić information content (AvgIpc) is 3.07. The van der Waals surface area contributed by atoms with Crippen molar-refractivity contribution in [2.45, 2.75) is 61.7 Å². The van der Waals surface area contributed by atoms with Crippen molar-refractivity contribution in [1.82, 2.24) is 14.9 Å². The third-order valence-corrected chi connectivity index (χ3v) is 9.97. The summed E-state index contributed by atoms with van der Waals surface area (Å²) in [6, 6.07) is 13.1. The Labute approximate surface area is 215 Å². The summed E-state index contributed by atoms with van der Waals surface area (Å²) in [6.07, 6.45) is 1.95. The molecule has 1 atom stereocenters. The Morgan fingerprint density at radius 3 is 2.37 bits per heavy atom. The molecule has 6 rings (SSSR count). The molecular weight excluding hydrogens is 507 g/mol. The second kappa shape index (κ2) is 8.20. The molecule has 2 aromatic carbocycles. The molecule has 186 valence electrons. The van der Waals surface area contributed by atoms with E-state index in [2.05, 4.69) is 10.6 Å². The number of amides is 1. The third-order valence-electron chi connectivity index (χ3n) is 7.53. The van der Waals surface area contributed by atoms with E-state index in [9.17, 15) is 13.2 Å². The average molecular weight is 535 g/mol. The lowest BCUT2D eigenvalue weighted by Crippen LogP contribution is -2.78. The highest BCUT2D eigenvalue weighted by atomic mass is 35.5. The van der Waals surface area contributed by atoms with Crippen LogP contribution in [0.4, 0.5) is 0 Å². The number of amidine groups is 1. The molecule has 1 aliphatic heterocycles. The highest BCUT2D eigenvalue weighted by Crippen LogP contribution is 2.71. The number of halogens is 2. The molecule has 3 aliphatic carbocycles. The van der Waals surface area contributed by atoms with Gasteiger partial charge in [-0.2, -0.15) is 4.31 Å². The van der Waals surface area contributed by atoms with E-state index in [0.29, 0.717) is 29.3 Å². The van der Waals surface area contributed by atoms with Gasteiger partial charge in [-0.3, -0.25) is 9.79 Å². The summed E-state index contributed by atoms with van der Waals surface area (Å²) in [5, 5.41) is 7.12. The van der Waals surface area contributed by atoms with Gasteiger partial charge >= 0.3 is 0 Å². The van der Waals surface area contributed by atoms with E-state index in [4.69, 9.17) is 28.2 Å². The molecule has 1 heterocycles. The molecule has 4 aliphatic rings. The van der Waals surface area contributed by atoms with Crippen LogP contribution in [-0.4, -0.2) is 48.6 Å². The summed E-state index contributed by atoms with van der Waals surface area (Å²) < 4.78 is 29.4. The number of hydrogen-bond acceptors (Lipinski definition) is 5. The zero-order chi connectivity index (χ0) is 25.2. The maximum absolute atomic E-state index is 13.9. The van der Waals surface area contributed by atoms with Gasteiger partial charge in [0.2, 0.25) is 15.9 Å². The summed E-state index contributed by atoms with van der Waals surface area (Å²) in [7, 11) is -2.21. The van der Waals surface area contributed by atoms with Crippen molar-refractivity contribution in [3.8, 4) is 0 Å². The molecule has 3 saturated carbocycles. The molecule has 2 N–H and O–H groups in total. The van der Waals surface area contributed by atoms with Gasteiger partial charge < -0.3 is 10.6 Å². The molecule has 1 amide bonds. The minimum absolute atomic E-state index is 0.133. The molecule has 7 nitrogen and oxygen atoms in total. The first-order valence-corrected chi connectivity index (χ1v) is 13.7. The monoisotopic (exact) mass is 534 g/mol. The van der Waals surface area contributed by atoms with Crippen LogP contribution in [0.2, 0.25) is 10.0 Å². The Balaban J connectivity index is 1.45. The maximum Gasteiger partial charge on any atom is 0.247 e. The molecule has 0 saturated heterocycles. The Morgan fingerprint density at radius 2 is 1.77 bits per heavy atom. The van der Waals surface area contributed by atoms with E-state index >= 15 is 0 Å². The molecule has 0 radical (unpaired) electrons. The molecule has 0 spiro atoms. The number of nitrogens with zero attached hydrogens (tertiary/aromatic N) is 2. The predicted molar refractivity (Wildman–Crippen MR) is 137 cm³/mol. The van der Waals surface area contributed by atoms with Crippen molar-refractivity contribution in [1.29, 1.82) is 0 Å². The molecule has 2 aromatic rings. The van der Waals surface area contributed by atoms with Crippen molar-refractivity contribution in [3.05, 3.63) is 64.1 Å². The number of carbonyl (C=O) groups is 1. The Hall–Kier alpha value is -2.13. The van der Waals surface area contributed by atoms with Crippen LogP contribution in [0.15, 0.2) is 58.4 Å². The summed E-state index contributed by atoms with van der Waals surface area (Å²) in [5.74, 6) is 0.677. The fraction of sp³-hybridized carbons (Fsp3) is 0.440. The molecule has 3 fully saturated rings. The SMILES string of the molecule is CNC(=O)[C@@H]1N=C(C23CC(N(Cc4ccc(Cl)cc4)S(=O)(=O)c4cccc(Cl)c4)(C2)C3)NC1(C)C. The van der Waals surface area contributed by atoms with Gasteiger partial charge in [0.05, 0.1) is 10.4 Å². The Bertz CT molecular complexity index is 1300. The highest BCUT2D eigenvalue weighted by Gasteiger charge is 2.75. The molecular formula is C25H28Cl2N4O3S. The fourth-order valence-electron chi connectivity index (χ4n) is 5.76. The molecule has 0 aromatic heterocycles. The van der Waals surface area contributed by atoms with Crippen LogP contribution in [0.25, 0.3) is 0 Å². The van der Waals surface area contributed by atoms with E-state index in [0.717, 1.165) is 11.4 Å². The van der Waals surface area contributed by atoms with Crippen LogP contribution >= 0.6 is 23.2 Å². The van der Waals surface area contributed by atoms with Gasteiger partial charge in [-0.1, -0.05) is 41.4 Å². The number of hydrogen-bond donors (Lipinski definition) is 2. The van der Waals surface area contributed by atoms with E-state index in [1.54, 1.807) is 41.7 Å². The quantitative estimate of drug-likeness (QED) is 0.561. The van der Waals surface area contributed by atoms with Gasteiger partial charge in [-0.05, 0) is 69.0 Å². The second-order valence-corrected chi connectivity index (χ2v) is 13.2. The van der Waals surface area contributed by atoms with Crippen molar-refractivity contribution in [3.63, 3.8) is 0 Å². The largest absolute Gasteiger partial charge is 0.366 e. The normalized spacial score (nSPS) is 28.5. The van der Waals surface area contributed by atoms with Crippen LogP contribution in [0.1, 0.15) is 38.7 Å². The van der Waals surface area contributed by atoms with Crippen molar-refractivity contribution in [2.24, 2.45) is 10.4 Å². The van der Waals surface area contributed by atoms with Crippen LogP contribution in [0.3, 0.4) is 0 Å². The number of carbonyl (C=O) groups excluding carboxylic acids is 1. The summed E-state index contributed by atoms with van der Waals surface area (Å²) in [5.41, 5.74) is -0.396. The highest BCUT2D eigenvalue weighted by molar-refractivity contribution is 7.89. The lowest BCUT2D eigenvalue weighted by Gasteiger charge is -2.73. The maximum atomic E-state index is 13.9. The van der Waals surface area contributed by atoms with Crippen LogP contribution in [0.5, 0.6) is 0 Å². The van der Waals surface area contributed by atoms with Crippen LogP contribution in [0, 0.1) is 5.41 Å². The minimum Gasteiger partial charge on any atom is -0.366 e. The minimum atomic E-state index is -3.82. The van der Waals surface area contributed by atoms with E-state index in [1.807, 2.05) is 26.0 Å². The van der Waals surface area contributed by atoms with Crippen molar-refractivity contribution in [2.75, 3.05) is 7.05 Å². The number of rotatable bonds is 7. The number of sulfonamides is 1. The first-order chi connectivity index (χ1) is 16.4.